The van der Waals surface area contributed by atoms with E-state index in [1.54, 1.807) is 52.1 Å². The molecule has 0 bridgehead atoms. The number of carbonyl (C=O) groups excluding carboxylic acids is 2. The lowest BCUT2D eigenvalue weighted by Crippen LogP contribution is -2.59. The number of aromatic nitrogens is 2. The average Bonchev–Trinajstić information content (AvgIpc) is 3.44. The van der Waals surface area contributed by atoms with Crippen molar-refractivity contribution in [2.24, 2.45) is 5.73 Å². The van der Waals surface area contributed by atoms with Crippen molar-refractivity contribution in [3.8, 4) is 5.75 Å². The highest BCUT2D eigenvalue weighted by Gasteiger charge is 2.57. The number of hydrogen-bond acceptors (Lipinski definition) is 13. The number of ether oxygens (including phenoxy) is 3. The lowest BCUT2D eigenvalue weighted by Gasteiger charge is -2.44. The second-order valence-corrected chi connectivity index (χ2v) is 29.3. The van der Waals surface area contributed by atoms with Gasteiger partial charge in [-0.1, -0.05) is 53.7 Å². The summed E-state index contributed by atoms with van der Waals surface area (Å²) < 4.78 is 34.7. The van der Waals surface area contributed by atoms with Crippen LogP contribution >= 0.6 is 0 Å². The smallest absolute Gasteiger partial charge is 0.333 e. The van der Waals surface area contributed by atoms with Crippen molar-refractivity contribution in [3.63, 3.8) is 0 Å². The number of nitrogens with two attached hydrogens (primary N) is 1. The summed E-state index contributed by atoms with van der Waals surface area (Å²) in [7, 11) is -3.88. The number of carbonyl (C=O) groups is 2. The van der Waals surface area contributed by atoms with Crippen molar-refractivity contribution < 1.29 is 42.9 Å². The zero-order valence-electron chi connectivity index (χ0n) is 38.5. The van der Waals surface area contributed by atoms with Gasteiger partial charge in [-0.3, -0.25) is 23.5 Å². The van der Waals surface area contributed by atoms with Gasteiger partial charge in [0.15, 0.2) is 22.9 Å². The fourth-order valence-electron chi connectivity index (χ4n) is 6.03. The molecule has 6 N–H and O–H groups in total. The molecule has 18 heteroatoms. The van der Waals surface area contributed by atoms with Gasteiger partial charge in [-0.05, 0) is 94.6 Å². The Labute approximate surface area is 357 Å². The number of rotatable bonds is 18. The molecular formula is C42H73N5O11Si2. The summed E-state index contributed by atoms with van der Waals surface area (Å²) in [5.74, 6) is -0.647. The molecule has 340 valence electrons. The third-order valence-electron chi connectivity index (χ3n) is 11.7. The first-order chi connectivity index (χ1) is 27.4. The lowest BCUT2D eigenvalue weighted by molar-refractivity contribution is -0.166. The van der Waals surface area contributed by atoms with Crippen molar-refractivity contribution in [1.29, 1.82) is 0 Å². The molecule has 2 heterocycles. The van der Waals surface area contributed by atoms with Gasteiger partial charge < -0.3 is 49.6 Å². The molecule has 1 fully saturated rings. The Hall–Kier alpha value is -3.21. The third kappa shape index (κ3) is 12.9. The summed E-state index contributed by atoms with van der Waals surface area (Å²) in [4.78, 5) is 54.2. The van der Waals surface area contributed by atoms with Gasteiger partial charge in [-0.2, -0.15) is 0 Å². The van der Waals surface area contributed by atoms with Gasteiger partial charge in [-0.15, -0.1) is 0 Å². The summed E-state index contributed by atoms with van der Waals surface area (Å²) in [6.07, 6.45) is -5.36. The van der Waals surface area contributed by atoms with Gasteiger partial charge in [0.05, 0.1) is 19.8 Å². The number of methoxy groups -OCH3 is 1. The minimum absolute atomic E-state index is 0.0328. The molecule has 60 heavy (non-hydrogen) atoms. The zero-order valence-corrected chi connectivity index (χ0v) is 40.5. The van der Waals surface area contributed by atoms with Crippen molar-refractivity contribution in [2.75, 3.05) is 20.2 Å². The van der Waals surface area contributed by atoms with Crippen LogP contribution in [-0.2, 0) is 34.5 Å². The fraction of sp³-hybridized carbons (Fsp3) is 0.714. The van der Waals surface area contributed by atoms with Gasteiger partial charge in [0.25, 0.3) is 5.56 Å². The molecule has 1 aliphatic heterocycles. The van der Waals surface area contributed by atoms with Crippen molar-refractivity contribution in [3.05, 3.63) is 62.9 Å². The van der Waals surface area contributed by atoms with Gasteiger partial charge >= 0.3 is 11.7 Å². The standard InChI is InChI=1S/C42H73N5O11Si2/c1-26(48)30(43)36(51)45-23-16-22-44-31(38(52)56-40(2,3)4)32(50)33-34(57-59(12,13)41(5,6)7)35(58-60(14,15)42(8,9)10)37(55-33)46-24-21-29(49)47(39(46)53)25-27-17-19-28(54-11)20-18-27/h17-21,24,26,30-35,37,44,48,50H,16,22-23,25,43H2,1-15H3,(H,45,51)/t26-,30-,31-,32-,33+,34+,35+,37+/m0/s1. The van der Waals surface area contributed by atoms with E-state index in [1.807, 2.05) is 0 Å². The van der Waals surface area contributed by atoms with Crippen molar-refractivity contribution in [2.45, 2.75) is 173 Å². The van der Waals surface area contributed by atoms with Crippen LogP contribution in [0.2, 0.25) is 36.3 Å². The van der Waals surface area contributed by atoms with Gasteiger partial charge in [-0.25, -0.2) is 4.79 Å². The van der Waals surface area contributed by atoms with E-state index in [4.69, 9.17) is 28.8 Å². The number of amides is 1. The van der Waals surface area contributed by atoms with Crippen LogP contribution in [-0.4, -0.2) is 116 Å². The second-order valence-electron chi connectivity index (χ2n) is 19.8. The van der Waals surface area contributed by atoms with Crippen LogP contribution in [0.15, 0.2) is 46.1 Å². The Morgan fingerprint density at radius 2 is 1.43 bits per heavy atom. The second kappa shape index (κ2) is 19.9. The summed E-state index contributed by atoms with van der Waals surface area (Å²) in [5, 5.41) is 27.4. The Morgan fingerprint density at radius 1 is 0.883 bits per heavy atom. The van der Waals surface area contributed by atoms with E-state index in [0.29, 0.717) is 17.7 Å². The Bertz CT molecular complexity index is 1860. The van der Waals surface area contributed by atoms with Crippen LogP contribution in [0, 0.1) is 0 Å². The molecule has 1 saturated heterocycles. The van der Waals surface area contributed by atoms with Crippen LogP contribution in [0.5, 0.6) is 5.75 Å². The maximum atomic E-state index is 14.5. The lowest BCUT2D eigenvalue weighted by atomic mass is 9.99. The molecule has 1 amide bonds. The molecule has 2 aromatic rings. The number of aliphatic hydroxyl groups is 2. The van der Waals surface area contributed by atoms with Gasteiger partial charge in [0.1, 0.15) is 47.9 Å². The molecule has 0 unspecified atom stereocenters. The number of nitrogens with zero attached hydrogens (tertiary/aromatic N) is 2. The highest BCUT2D eigenvalue weighted by atomic mass is 28.4. The van der Waals surface area contributed by atoms with E-state index in [2.05, 4.69) is 78.4 Å². The van der Waals surface area contributed by atoms with Crippen molar-refractivity contribution >= 4 is 28.5 Å². The molecule has 8 atom stereocenters. The minimum atomic E-state index is -2.72. The predicted octanol–water partition coefficient (Wildman–Crippen LogP) is 3.62. The monoisotopic (exact) mass is 879 g/mol. The highest BCUT2D eigenvalue weighted by molar-refractivity contribution is 6.74. The molecular weight excluding hydrogens is 807 g/mol. The van der Waals surface area contributed by atoms with E-state index in [0.717, 1.165) is 4.57 Å². The van der Waals surface area contributed by atoms with Crippen LogP contribution in [0.3, 0.4) is 0 Å². The first-order valence-corrected chi connectivity index (χ1v) is 26.6. The predicted molar refractivity (Wildman–Crippen MR) is 236 cm³/mol. The van der Waals surface area contributed by atoms with Crippen LogP contribution in [0.1, 0.15) is 87.4 Å². The quantitative estimate of drug-likeness (QED) is 0.0824. The summed E-state index contributed by atoms with van der Waals surface area (Å²) >= 11 is 0. The Morgan fingerprint density at radius 3 is 1.93 bits per heavy atom. The van der Waals surface area contributed by atoms with Crippen LogP contribution in [0.25, 0.3) is 0 Å². The molecule has 0 saturated carbocycles. The fourth-order valence-corrected chi connectivity index (χ4v) is 8.62. The topological polar surface area (TPSA) is 215 Å². The average molecular weight is 880 g/mol. The maximum Gasteiger partial charge on any atom is 0.333 e. The Balaban J connectivity index is 2.20. The molecule has 0 spiro atoms. The molecule has 1 aliphatic rings. The van der Waals surface area contributed by atoms with Crippen LogP contribution < -0.4 is 32.4 Å². The molecule has 1 aromatic heterocycles. The number of hydrogen-bond donors (Lipinski definition) is 5. The zero-order chi connectivity index (χ0) is 45.8. The molecule has 16 nitrogen and oxygen atoms in total. The highest BCUT2D eigenvalue weighted by Crippen LogP contribution is 2.46. The normalized spacial score (nSPS) is 21.2. The number of esters is 1. The van der Waals surface area contributed by atoms with E-state index >= 15 is 0 Å². The van der Waals surface area contributed by atoms with Crippen LogP contribution in [0.4, 0.5) is 0 Å². The number of benzene rings is 1. The molecule has 0 radical (unpaired) electrons. The van der Waals surface area contributed by atoms with Gasteiger partial charge in [0, 0.05) is 18.8 Å². The summed E-state index contributed by atoms with van der Waals surface area (Å²) in [6.45, 7) is 27.6. The minimum Gasteiger partial charge on any atom is -0.497 e. The Kier molecular flexibility index (Phi) is 16.9. The number of aliphatic hydroxyl groups excluding tert-OH is 2. The van der Waals surface area contributed by atoms with E-state index in [9.17, 15) is 29.4 Å². The van der Waals surface area contributed by atoms with E-state index in [1.165, 1.54) is 23.8 Å². The van der Waals surface area contributed by atoms with Gasteiger partial charge in [0.2, 0.25) is 5.91 Å². The van der Waals surface area contributed by atoms with E-state index < -0.39 is 94.2 Å². The number of nitrogens with one attached hydrogen (secondary N) is 2. The molecule has 1 aromatic carbocycles. The molecule has 3 rings (SSSR count). The first kappa shape index (κ1) is 51.1. The maximum absolute atomic E-state index is 14.5. The summed E-state index contributed by atoms with van der Waals surface area (Å²) in [5.41, 5.74) is 4.36. The summed E-state index contributed by atoms with van der Waals surface area (Å²) in [6, 6.07) is 5.88. The van der Waals surface area contributed by atoms with E-state index in [-0.39, 0.29) is 29.7 Å². The first-order valence-electron chi connectivity index (χ1n) is 20.7. The molecule has 0 aliphatic carbocycles. The SMILES string of the molecule is COc1ccc(Cn2c(=O)ccn([C@@H]3O[C@H]([C@@H](O)[C@H](NCCCNC(=O)[C@@H](N)[C@H](C)O)C(=O)OC(C)(C)C)[C@@H](O[Si](C)(C)C(C)(C)C)[C@H]3O[Si](C)(C)C(C)(C)C)c2=O)cc1. The van der Waals surface area contributed by atoms with Crippen molar-refractivity contribution in [1.82, 2.24) is 19.8 Å². The third-order valence-corrected chi connectivity index (χ3v) is 20.7. The largest absolute Gasteiger partial charge is 0.497 e.